The van der Waals surface area contributed by atoms with Crippen molar-refractivity contribution in [3.63, 3.8) is 0 Å². The Morgan fingerprint density at radius 2 is 1.92 bits per heavy atom. The summed E-state index contributed by atoms with van der Waals surface area (Å²) >= 11 is 5.94. The van der Waals surface area contributed by atoms with Gasteiger partial charge >= 0.3 is 0 Å². The van der Waals surface area contributed by atoms with E-state index in [0.717, 1.165) is 12.8 Å². The number of carbonyl (C=O) groups is 2. The zero-order valence-corrected chi connectivity index (χ0v) is 14.4. The van der Waals surface area contributed by atoms with Crippen molar-refractivity contribution < 1.29 is 14.0 Å². The normalized spacial score (nSPS) is 19.9. The SMILES string of the molecule is C[C@@H](C(=O)Nc1ccc(F)cc1Cl)N1CCN(C(=O)C2CC2)CC1. The molecule has 3 rings (SSSR count). The highest BCUT2D eigenvalue weighted by molar-refractivity contribution is 6.33. The van der Waals surface area contributed by atoms with Crippen molar-refractivity contribution in [3.8, 4) is 0 Å². The van der Waals surface area contributed by atoms with E-state index in [1.165, 1.54) is 18.2 Å². The van der Waals surface area contributed by atoms with E-state index in [-0.39, 0.29) is 28.8 Å². The zero-order valence-electron chi connectivity index (χ0n) is 13.6. The number of hydrogen-bond acceptors (Lipinski definition) is 3. The zero-order chi connectivity index (χ0) is 17.3. The quantitative estimate of drug-likeness (QED) is 0.904. The van der Waals surface area contributed by atoms with Crippen molar-refractivity contribution in [3.05, 3.63) is 29.0 Å². The molecule has 1 atom stereocenters. The first-order valence-electron chi connectivity index (χ1n) is 8.24. The van der Waals surface area contributed by atoms with Gasteiger partial charge in [-0.25, -0.2) is 4.39 Å². The van der Waals surface area contributed by atoms with Gasteiger partial charge < -0.3 is 10.2 Å². The summed E-state index contributed by atoms with van der Waals surface area (Å²) < 4.78 is 13.1. The average Bonchev–Trinajstić information content (AvgIpc) is 3.41. The number of nitrogens with zero attached hydrogens (tertiary/aromatic N) is 2. The highest BCUT2D eigenvalue weighted by atomic mass is 35.5. The minimum Gasteiger partial charge on any atom is -0.340 e. The molecule has 24 heavy (non-hydrogen) atoms. The number of nitrogens with one attached hydrogen (secondary N) is 1. The lowest BCUT2D eigenvalue weighted by molar-refractivity contribution is -0.135. The molecule has 2 amide bonds. The fourth-order valence-corrected chi connectivity index (χ4v) is 3.13. The lowest BCUT2D eigenvalue weighted by Gasteiger charge is -2.37. The minimum absolute atomic E-state index is 0.176. The van der Waals surface area contributed by atoms with Crippen LogP contribution in [0.15, 0.2) is 18.2 Å². The first-order chi connectivity index (χ1) is 11.5. The molecule has 0 bridgehead atoms. The van der Waals surface area contributed by atoms with E-state index in [9.17, 15) is 14.0 Å². The van der Waals surface area contributed by atoms with Crippen LogP contribution in [0.1, 0.15) is 19.8 Å². The van der Waals surface area contributed by atoms with Crippen molar-refractivity contribution in [2.75, 3.05) is 31.5 Å². The van der Waals surface area contributed by atoms with Gasteiger partial charge in [0.25, 0.3) is 0 Å². The third-order valence-corrected chi connectivity index (χ3v) is 4.98. The molecule has 2 aliphatic rings. The third kappa shape index (κ3) is 3.87. The molecular formula is C17H21ClFN3O2. The molecule has 1 aliphatic heterocycles. The lowest BCUT2D eigenvalue weighted by atomic mass is 10.2. The highest BCUT2D eigenvalue weighted by Gasteiger charge is 2.35. The van der Waals surface area contributed by atoms with Crippen LogP contribution in [0.4, 0.5) is 10.1 Å². The molecule has 1 saturated heterocycles. The first-order valence-corrected chi connectivity index (χ1v) is 8.62. The number of rotatable bonds is 4. The summed E-state index contributed by atoms with van der Waals surface area (Å²) in [6.07, 6.45) is 2.02. The number of benzene rings is 1. The Morgan fingerprint density at radius 1 is 1.25 bits per heavy atom. The predicted octanol–water partition coefficient (Wildman–Crippen LogP) is 2.36. The van der Waals surface area contributed by atoms with Crippen LogP contribution in [-0.2, 0) is 9.59 Å². The first kappa shape index (κ1) is 17.2. The highest BCUT2D eigenvalue weighted by Crippen LogP contribution is 2.31. The van der Waals surface area contributed by atoms with Gasteiger partial charge in [-0.05, 0) is 38.0 Å². The Morgan fingerprint density at radius 3 is 2.50 bits per heavy atom. The van der Waals surface area contributed by atoms with Crippen LogP contribution in [0, 0.1) is 11.7 Å². The van der Waals surface area contributed by atoms with Crippen molar-refractivity contribution >= 4 is 29.1 Å². The molecule has 7 heteroatoms. The van der Waals surface area contributed by atoms with Gasteiger partial charge in [0.15, 0.2) is 0 Å². The topological polar surface area (TPSA) is 52.7 Å². The van der Waals surface area contributed by atoms with Crippen molar-refractivity contribution in [1.82, 2.24) is 9.80 Å². The largest absolute Gasteiger partial charge is 0.340 e. The van der Waals surface area contributed by atoms with Gasteiger partial charge in [0.05, 0.1) is 16.8 Å². The van der Waals surface area contributed by atoms with Gasteiger partial charge in [-0.15, -0.1) is 0 Å². The van der Waals surface area contributed by atoms with Gasteiger partial charge in [0, 0.05) is 32.1 Å². The Labute approximate surface area is 145 Å². The van der Waals surface area contributed by atoms with Crippen LogP contribution in [0.3, 0.4) is 0 Å². The molecule has 1 N–H and O–H groups in total. The molecule has 1 aromatic rings. The molecule has 5 nitrogen and oxygen atoms in total. The van der Waals surface area contributed by atoms with Gasteiger partial charge in [0.1, 0.15) is 5.82 Å². The average molecular weight is 354 g/mol. The van der Waals surface area contributed by atoms with Crippen LogP contribution in [0.25, 0.3) is 0 Å². The fourth-order valence-electron chi connectivity index (χ4n) is 2.91. The number of carbonyl (C=O) groups excluding carboxylic acids is 2. The summed E-state index contributed by atoms with van der Waals surface area (Å²) in [5.41, 5.74) is 0.400. The number of halogens is 2. The van der Waals surface area contributed by atoms with E-state index in [1.807, 2.05) is 16.7 Å². The van der Waals surface area contributed by atoms with Crippen LogP contribution in [0.2, 0.25) is 5.02 Å². The molecule has 1 saturated carbocycles. The van der Waals surface area contributed by atoms with Gasteiger partial charge in [-0.3, -0.25) is 14.5 Å². The monoisotopic (exact) mass is 353 g/mol. The predicted molar refractivity (Wildman–Crippen MR) is 90.4 cm³/mol. The molecule has 1 aliphatic carbocycles. The van der Waals surface area contributed by atoms with Crippen molar-refractivity contribution in [1.29, 1.82) is 0 Å². The van der Waals surface area contributed by atoms with Gasteiger partial charge in [-0.2, -0.15) is 0 Å². The molecule has 0 radical (unpaired) electrons. The second kappa shape index (κ2) is 7.07. The van der Waals surface area contributed by atoms with Crippen molar-refractivity contribution in [2.24, 2.45) is 5.92 Å². The molecule has 0 unspecified atom stereocenters. The second-order valence-corrected chi connectivity index (χ2v) is 6.83. The molecule has 130 valence electrons. The van der Waals surface area contributed by atoms with Crippen LogP contribution >= 0.6 is 11.6 Å². The molecular weight excluding hydrogens is 333 g/mol. The summed E-state index contributed by atoms with van der Waals surface area (Å²) in [4.78, 5) is 28.4. The smallest absolute Gasteiger partial charge is 0.241 e. The molecule has 0 spiro atoms. The number of hydrogen-bond donors (Lipinski definition) is 1. The number of anilines is 1. The molecule has 2 fully saturated rings. The summed E-state index contributed by atoms with van der Waals surface area (Å²) in [6.45, 7) is 4.48. The molecule has 1 aromatic carbocycles. The van der Waals surface area contributed by atoms with E-state index in [0.29, 0.717) is 31.9 Å². The van der Waals surface area contributed by atoms with Gasteiger partial charge in [0.2, 0.25) is 11.8 Å². The Bertz CT molecular complexity index is 643. The Hall–Kier alpha value is -1.66. The maximum Gasteiger partial charge on any atom is 0.241 e. The van der Waals surface area contributed by atoms with Crippen molar-refractivity contribution in [2.45, 2.75) is 25.8 Å². The van der Waals surface area contributed by atoms with E-state index in [2.05, 4.69) is 5.32 Å². The van der Waals surface area contributed by atoms with E-state index >= 15 is 0 Å². The van der Waals surface area contributed by atoms with E-state index in [1.54, 1.807) is 0 Å². The van der Waals surface area contributed by atoms with Crippen LogP contribution in [0.5, 0.6) is 0 Å². The summed E-state index contributed by atoms with van der Waals surface area (Å²) in [5.74, 6) is -0.143. The Balaban J connectivity index is 1.53. The standard InChI is InChI=1S/C17H21ClFN3O2/c1-11(16(23)20-15-5-4-13(19)10-14(15)18)21-6-8-22(9-7-21)17(24)12-2-3-12/h4-5,10-12H,2-3,6-9H2,1H3,(H,20,23)/t11-/m0/s1. The molecule has 1 heterocycles. The summed E-state index contributed by atoms with van der Waals surface area (Å²) in [6, 6.07) is 3.54. The maximum absolute atomic E-state index is 13.1. The van der Waals surface area contributed by atoms with Gasteiger partial charge in [-0.1, -0.05) is 11.6 Å². The second-order valence-electron chi connectivity index (χ2n) is 6.42. The molecule has 0 aromatic heterocycles. The number of piperazine rings is 1. The van der Waals surface area contributed by atoms with Crippen LogP contribution in [-0.4, -0.2) is 53.8 Å². The Kier molecular flexibility index (Phi) is 5.06. The maximum atomic E-state index is 13.1. The van der Waals surface area contributed by atoms with Crippen LogP contribution < -0.4 is 5.32 Å². The van der Waals surface area contributed by atoms with E-state index in [4.69, 9.17) is 11.6 Å². The summed E-state index contributed by atoms with van der Waals surface area (Å²) in [5, 5.41) is 2.91. The third-order valence-electron chi connectivity index (χ3n) is 4.67. The lowest BCUT2D eigenvalue weighted by Crippen LogP contribution is -2.54. The minimum atomic E-state index is -0.442. The summed E-state index contributed by atoms with van der Waals surface area (Å²) in [7, 11) is 0. The fraction of sp³-hybridized carbons (Fsp3) is 0.529. The number of amides is 2. The van der Waals surface area contributed by atoms with E-state index < -0.39 is 5.82 Å².